The molecule has 0 fully saturated rings. The molecule has 0 aliphatic heterocycles. The summed E-state index contributed by atoms with van der Waals surface area (Å²) in [5.41, 5.74) is 1.01. The molecular weight excluding hydrogens is 222 g/mol. The second kappa shape index (κ2) is 5.93. The van der Waals surface area contributed by atoms with E-state index in [0.29, 0.717) is 17.8 Å². The van der Waals surface area contributed by atoms with E-state index in [-0.39, 0.29) is 18.9 Å². The van der Waals surface area contributed by atoms with Gasteiger partial charge in [-0.05, 0) is 13.8 Å². The first kappa shape index (κ1) is 13.1. The van der Waals surface area contributed by atoms with Gasteiger partial charge in [-0.2, -0.15) is 0 Å². The molecule has 0 unspecified atom stereocenters. The zero-order valence-electron chi connectivity index (χ0n) is 9.88. The molecule has 17 heavy (non-hydrogen) atoms. The average molecular weight is 237 g/mol. The van der Waals surface area contributed by atoms with Crippen molar-refractivity contribution in [2.45, 2.75) is 20.3 Å². The Morgan fingerprint density at radius 2 is 2.18 bits per heavy atom. The van der Waals surface area contributed by atoms with Crippen molar-refractivity contribution < 1.29 is 14.7 Å². The molecule has 0 saturated carbocycles. The van der Waals surface area contributed by atoms with E-state index in [1.165, 1.54) is 17.4 Å². The Hall–Kier alpha value is -1.98. The van der Waals surface area contributed by atoms with E-state index >= 15 is 0 Å². The van der Waals surface area contributed by atoms with E-state index in [1.54, 1.807) is 13.8 Å². The van der Waals surface area contributed by atoms with Gasteiger partial charge in [-0.1, -0.05) is 0 Å². The number of nitrogens with zero attached hydrogens (tertiary/aromatic N) is 3. The molecule has 1 N–H and O–H groups in total. The minimum absolute atomic E-state index is 0.0632. The highest BCUT2D eigenvalue weighted by Crippen LogP contribution is 2.07. The zero-order valence-corrected chi connectivity index (χ0v) is 9.88. The lowest BCUT2D eigenvalue weighted by Crippen LogP contribution is -2.33. The first-order valence-electron chi connectivity index (χ1n) is 5.34. The zero-order chi connectivity index (χ0) is 12.8. The fourth-order valence-electron chi connectivity index (χ4n) is 1.40. The number of aliphatic carboxylic acids is 1. The number of carbonyl (C=O) groups is 2. The van der Waals surface area contributed by atoms with Crippen molar-refractivity contribution in [2.24, 2.45) is 0 Å². The fourth-order valence-corrected chi connectivity index (χ4v) is 1.40. The van der Waals surface area contributed by atoms with Gasteiger partial charge in [-0.15, -0.1) is 0 Å². The van der Waals surface area contributed by atoms with Gasteiger partial charge in [-0.25, -0.2) is 9.97 Å². The maximum Gasteiger partial charge on any atom is 0.305 e. The number of hydrogen-bond acceptors (Lipinski definition) is 4. The molecule has 0 atom stereocenters. The molecule has 92 valence electrons. The summed E-state index contributed by atoms with van der Waals surface area (Å²) in [6, 6.07) is 0. The summed E-state index contributed by atoms with van der Waals surface area (Å²) in [4.78, 5) is 31.8. The van der Waals surface area contributed by atoms with Crippen molar-refractivity contribution >= 4 is 11.9 Å². The Balaban J connectivity index is 2.79. The number of aromatic nitrogens is 2. The third kappa shape index (κ3) is 3.51. The van der Waals surface area contributed by atoms with Gasteiger partial charge >= 0.3 is 5.97 Å². The topological polar surface area (TPSA) is 83.4 Å². The van der Waals surface area contributed by atoms with Gasteiger partial charge in [0.15, 0.2) is 0 Å². The van der Waals surface area contributed by atoms with Crippen LogP contribution in [0.2, 0.25) is 0 Å². The van der Waals surface area contributed by atoms with Crippen molar-refractivity contribution in [3.05, 3.63) is 23.8 Å². The Kier molecular flexibility index (Phi) is 4.56. The third-order valence-electron chi connectivity index (χ3n) is 2.41. The lowest BCUT2D eigenvalue weighted by Gasteiger charge is -2.20. The van der Waals surface area contributed by atoms with Crippen molar-refractivity contribution in [1.29, 1.82) is 0 Å². The van der Waals surface area contributed by atoms with Gasteiger partial charge in [0.05, 0.1) is 17.7 Å². The lowest BCUT2D eigenvalue weighted by molar-refractivity contribution is -0.137. The molecule has 0 aliphatic rings. The number of aryl methyl sites for hydroxylation is 1. The maximum atomic E-state index is 12.1. The minimum atomic E-state index is -0.919. The summed E-state index contributed by atoms with van der Waals surface area (Å²) in [6.45, 7) is 4.18. The van der Waals surface area contributed by atoms with Crippen LogP contribution in [0.25, 0.3) is 0 Å². The van der Waals surface area contributed by atoms with Crippen LogP contribution >= 0.6 is 0 Å². The maximum absolute atomic E-state index is 12.1. The highest BCUT2D eigenvalue weighted by molar-refractivity contribution is 5.95. The summed E-state index contributed by atoms with van der Waals surface area (Å²) in [5.74, 6) is -1.15. The van der Waals surface area contributed by atoms with Crippen LogP contribution in [0.4, 0.5) is 0 Å². The molecule has 1 heterocycles. The van der Waals surface area contributed by atoms with Crippen molar-refractivity contribution in [3.63, 3.8) is 0 Å². The van der Waals surface area contributed by atoms with Gasteiger partial charge in [0.25, 0.3) is 5.91 Å². The summed E-state index contributed by atoms with van der Waals surface area (Å²) < 4.78 is 0. The molecule has 0 bridgehead atoms. The highest BCUT2D eigenvalue weighted by atomic mass is 16.4. The quantitative estimate of drug-likeness (QED) is 0.815. The van der Waals surface area contributed by atoms with E-state index < -0.39 is 5.97 Å². The van der Waals surface area contributed by atoms with Crippen molar-refractivity contribution in [3.8, 4) is 0 Å². The van der Waals surface area contributed by atoms with Gasteiger partial charge in [0, 0.05) is 19.3 Å². The second-order valence-electron chi connectivity index (χ2n) is 3.55. The monoisotopic (exact) mass is 237 g/mol. The van der Waals surface area contributed by atoms with Crippen LogP contribution in [0, 0.1) is 6.92 Å². The molecule has 1 amide bonds. The van der Waals surface area contributed by atoms with Crippen LogP contribution in [0.1, 0.15) is 29.4 Å². The van der Waals surface area contributed by atoms with E-state index in [9.17, 15) is 9.59 Å². The molecule has 0 spiro atoms. The van der Waals surface area contributed by atoms with Gasteiger partial charge in [-0.3, -0.25) is 9.59 Å². The molecule has 1 rings (SSSR count). The summed E-state index contributed by atoms with van der Waals surface area (Å²) in [5, 5.41) is 8.60. The summed E-state index contributed by atoms with van der Waals surface area (Å²) in [6.07, 6.45) is 2.76. The van der Waals surface area contributed by atoms with E-state index in [4.69, 9.17) is 5.11 Å². The van der Waals surface area contributed by atoms with Gasteiger partial charge < -0.3 is 10.0 Å². The first-order chi connectivity index (χ1) is 8.06. The Morgan fingerprint density at radius 1 is 1.47 bits per heavy atom. The van der Waals surface area contributed by atoms with Gasteiger partial charge in [0.2, 0.25) is 0 Å². The van der Waals surface area contributed by atoms with Crippen LogP contribution in [0.3, 0.4) is 0 Å². The van der Waals surface area contributed by atoms with Crippen LogP contribution in [0.15, 0.2) is 12.5 Å². The second-order valence-corrected chi connectivity index (χ2v) is 3.55. The Labute approximate surface area is 99.3 Å². The molecule has 0 aliphatic carbocycles. The van der Waals surface area contributed by atoms with Crippen LogP contribution in [-0.4, -0.2) is 44.9 Å². The molecule has 0 radical (unpaired) electrons. The van der Waals surface area contributed by atoms with Gasteiger partial charge in [0.1, 0.15) is 6.33 Å². The molecule has 0 saturated heterocycles. The Bertz CT molecular complexity index is 420. The van der Waals surface area contributed by atoms with Crippen LogP contribution in [0.5, 0.6) is 0 Å². The number of carboxylic acid groups (broad SMARTS) is 1. The average Bonchev–Trinajstić information content (AvgIpc) is 2.29. The summed E-state index contributed by atoms with van der Waals surface area (Å²) in [7, 11) is 0. The Morgan fingerprint density at radius 3 is 2.71 bits per heavy atom. The molecule has 1 aromatic heterocycles. The largest absolute Gasteiger partial charge is 0.481 e. The highest BCUT2D eigenvalue weighted by Gasteiger charge is 2.17. The van der Waals surface area contributed by atoms with Crippen LogP contribution < -0.4 is 0 Å². The number of rotatable bonds is 5. The number of hydrogen-bond donors (Lipinski definition) is 1. The molecular formula is C11H15N3O3. The number of carbonyl (C=O) groups excluding carboxylic acids is 1. The smallest absolute Gasteiger partial charge is 0.305 e. The predicted octanol–water partition coefficient (Wildman–Crippen LogP) is 0.722. The predicted molar refractivity (Wildman–Crippen MR) is 60.6 cm³/mol. The van der Waals surface area contributed by atoms with Crippen LogP contribution in [-0.2, 0) is 4.79 Å². The first-order valence-corrected chi connectivity index (χ1v) is 5.34. The standard InChI is InChI=1S/C11H15N3O3/c1-3-14(5-4-10(15)16)11(17)9-6-12-7-13-8(9)2/h6-7H,3-5H2,1-2H3,(H,15,16). The fraction of sp³-hybridized carbons (Fsp3) is 0.455. The van der Waals surface area contributed by atoms with E-state index in [0.717, 1.165) is 0 Å². The van der Waals surface area contributed by atoms with Crippen molar-refractivity contribution in [1.82, 2.24) is 14.9 Å². The summed E-state index contributed by atoms with van der Waals surface area (Å²) >= 11 is 0. The number of amides is 1. The normalized spacial score (nSPS) is 10.0. The van der Waals surface area contributed by atoms with E-state index in [1.807, 2.05) is 0 Å². The third-order valence-corrected chi connectivity index (χ3v) is 2.41. The molecule has 1 aromatic rings. The lowest BCUT2D eigenvalue weighted by atomic mass is 10.2. The minimum Gasteiger partial charge on any atom is -0.481 e. The SMILES string of the molecule is CCN(CCC(=O)O)C(=O)c1cncnc1C. The molecule has 0 aromatic carbocycles. The van der Waals surface area contributed by atoms with Crippen molar-refractivity contribution in [2.75, 3.05) is 13.1 Å². The number of carboxylic acids is 1. The molecule has 6 heteroatoms. The van der Waals surface area contributed by atoms with E-state index in [2.05, 4.69) is 9.97 Å². The molecule has 6 nitrogen and oxygen atoms in total.